The van der Waals surface area contributed by atoms with Gasteiger partial charge in [0.15, 0.2) is 0 Å². The van der Waals surface area contributed by atoms with Crippen LogP contribution in [0.3, 0.4) is 0 Å². The second kappa shape index (κ2) is 4.51. The Morgan fingerprint density at radius 3 is 2.73 bits per heavy atom. The van der Waals surface area contributed by atoms with E-state index in [1.807, 2.05) is 24.3 Å². The van der Waals surface area contributed by atoms with Gasteiger partial charge in [0.25, 0.3) is 0 Å². The van der Waals surface area contributed by atoms with Crippen LogP contribution >= 0.6 is 15.9 Å². The molecule has 0 saturated carbocycles. The highest BCUT2D eigenvalue weighted by atomic mass is 79.9. The number of benzene rings is 1. The minimum Gasteiger partial charge on any atom is -0.325 e. The lowest BCUT2D eigenvalue weighted by Crippen LogP contribution is -2.01. The van der Waals surface area contributed by atoms with Crippen LogP contribution < -0.4 is 5.73 Å². The number of nitrogens with two attached hydrogens (primary N) is 1. The van der Waals surface area contributed by atoms with Gasteiger partial charge in [0.2, 0.25) is 0 Å². The third kappa shape index (κ3) is 2.22. The maximum absolute atomic E-state index is 5.52. The first-order chi connectivity index (χ1) is 7.31. The molecule has 2 rings (SSSR count). The highest BCUT2D eigenvalue weighted by Crippen LogP contribution is 2.25. The van der Waals surface area contributed by atoms with Crippen LogP contribution in [-0.4, -0.2) is 9.97 Å². The monoisotopic (exact) mass is 263 g/mol. The minimum absolute atomic E-state index is 0.408. The standard InChI is InChI=1S/C11H10BrN3/c12-10-4-2-1-3-9(10)11-7-14-6-8(5-13)15-11/h1-4,6-7H,5,13H2. The van der Waals surface area contributed by atoms with Crippen molar-refractivity contribution in [3.63, 3.8) is 0 Å². The molecular weight excluding hydrogens is 254 g/mol. The molecular formula is C11H10BrN3. The van der Waals surface area contributed by atoms with E-state index in [1.54, 1.807) is 12.4 Å². The van der Waals surface area contributed by atoms with Crippen molar-refractivity contribution in [3.8, 4) is 11.3 Å². The fourth-order valence-corrected chi connectivity index (χ4v) is 1.79. The molecule has 2 aromatic rings. The molecule has 0 aliphatic rings. The van der Waals surface area contributed by atoms with E-state index < -0.39 is 0 Å². The van der Waals surface area contributed by atoms with Gasteiger partial charge in [-0.3, -0.25) is 4.98 Å². The van der Waals surface area contributed by atoms with E-state index in [4.69, 9.17) is 5.73 Å². The van der Waals surface area contributed by atoms with Crippen molar-refractivity contribution >= 4 is 15.9 Å². The van der Waals surface area contributed by atoms with E-state index in [9.17, 15) is 0 Å². The summed E-state index contributed by atoms with van der Waals surface area (Å²) < 4.78 is 1.01. The highest BCUT2D eigenvalue weighted by molar-refractivity contribution is 9.10. The number of rotatable bonds is 2. The molecule has 0 amide bonds. The third-order valence-corrected chi connectivity index (χ3v) is 2.73. The van der Waals surface area contributed by atoms with Crippen LogP contribution in [0.5, 0.6) is 0 Å². The van der Waals surface area contributed by atoms with Gasteiger partial charge >= 0.3 is 0 Å². The molecule has 1 aromatic heterocycles. The first-order valence-corrected chi connectivity index (χ1v) is 5.36. The van der Waals surface area contributed by atoms with Gasteiger partial charge < -0.3 is 5.73 Å². The predicted octanol–water partition coefficient (Wildman–Crippen LogP) is 2.36. The summed E-state index contributed by atoms with van der Waals surface area (Å²) in [6, 6.07) is 7.91. The Morgan fingerprint density at radius 2 is 2.00 bits per heavy atom. The molecule has 0 aliphatic heterocycles. The van der Waals surface area contributed by atoms with Gasteiger partial charge in [0, 0.05) is 22.8 Å². The van der Waals surface area contributed by atoms with Gasteiger partial charge in [-0.15, -0.1) is 0 Å². The highest BCUT2D eigenvalue weighted by Gasteiger charge is 2.04. The van der Waals surface area contributed by atoms with Crippen LogP contribution in [0.2, 0.25) is 0 Å². The van der Waals surface area contributed by atoms with Crippen molar-refractivity contribution in [2.75, 3.05) is 0 Å². The molecule has 0 unspecified atom stereocenters. The molecule has 0 saturated heterocycles. The second-order valence-electron chi connectivity index (χ2n) is 3.08. The molecule has 0 aliphatic carbocycles. The average Bonchev–Trinajstić information content (AvgIpc) is 2.30. The van der Waals surface area contributed by atoms with E-state index in [0.717, 1.165) is 21.4 Å². The van der Waals surface area contributed by atoms with E-state index in [-0.39, 0.29) is 0 Å². The molecule has 3 nitrogen and oxygen atoms in total. The summed E-state index contributed by atoms with van der Waals surface area (Å²) >= 11 is 3.48. The molecule has 0 fully saturated rings. The molecule has 76 valence electrons. The summed E-state index contributed by atoms with van der Waals surface area (Å²) in [5.41, 5.74) is 8.18. The summed E-state index contributed by atoms with van der Waals surface area (Å²) in [5.74, 6) is 0. The van der Waals surface area contributed by atoms with Gasteiger partial charge in [0.05, 0.1) is 17.6 Å². The minimum atomic E-state index is 0.408. The molecule has 1 aromatic carbocycles. The average molecular weight is 264 g/mol. The van der Waals surface area contributed by atoms with E-state index in [0.29, 0.717) is 6.54 Å². The summed E-state index contributed by atoms with van der Waals surface area (Å²) in [6.45, 7) is 0.408. The van der Waals surface area contributed by atoms with Gasteiger partial charge in [0.1, 0.15) is 0 Å². The van der Waals surface area contributed by atoms with Crippen LogP contribution in [0, 0.1) is 0 Å². The van der Waals surface area contributed by atoms with Crippen LogP contribution in [0.15, 0.2) is 41.1 Å². The Kier molecular flexibility index (Phi) is 3.08. The van der Waals surface area contributed by atoms with Gasteiger partial charge in [-0.05, 0) is 6.07 Å². The Hall–Kier alpha value is -1.26. The van der Waals surface area contributed by atoms with Crippen LogP contribution in [0.25, 0.3) is 11.3 Å². The van der Waals surface area contributed by atoms with Crippen LogP contribution in [-0.2, 0) is 6.54 Å². The summed E-state index contributed by atoms with van der Waals surface area (Å²) in [5, 5.41) is 0. The summed E-state index contributed by atoms with van der Waals surface area (Å²) in [4.78, 5) is 8.51. The molecule has 15 heavy (non-hydrogen) atoms. The molecule has 0 atom stereocenters. The smallest absolute Gasteiger partial charge is 0.0900 e. The zero-order chi connectivity index (χ0) is 10.7. The lowest BCUT2D eigenvalue weighted by atomic mass is 10.1. The number of hydrogen-bond acceptors (Lipinski definition) is 3. The van der Waals surface area contributed by atoms with Crippen molar-refractivity contribution < 1.29 is 0 Å². The van der Waals surface area contributed by atoms with E-state index in [1.165, 1.54) is 0 Å². The van der Waals surface area contributed by atoms with Crippen molar-refractivity contribution in [1.29, 1.82) is 0 Å². The topological polar surface area (TPSA) is 51.8 Å². The molecule has 0 bridgehead atoms. The van der Waals surface area contributed by atoms with E-state index >= 15 is 0 Å². The lowest BCUT2D eigenvalue weighted by molar-refractivity contribution is 0.967. The zero-order valence-corrected chi connectivity index (χ0v) is 9.61. The van der Waals surface area contributed by atoms with Gasteiger partial charge in [-0.25, -0.2) is 4.98 Å². The largest absolute Gasteiger partial charge is 0.325 e. The van der Waals surface area contributed by atoms with Crippen molar-refractivity contribution in [2.45, 2.75) is 6.54 Å². The maximum atomic E-state index is 5.52. The second-order valence-corrected chi connectivity index (χ2v) is 3.93. The maximum Gasteiger partial charge on any atom is 0.0900 e. The van der Waals surface area contributed by atoms with Gasteiger partial charge in [-0.2, -0.15) is 0 Å². The molecule has 4 heteroatoms. The SMILES string of the molecule is NCc1cncc(-c2ccccc2Br)n1. The first-order valence-electron chi connectivity index (χ1n) is 4.57. The number of nitrogens with zero attached hydrogens (tertiary/aromatic N) is 2. The fourth-order valence-electron chi connectivity index (χ4n) is 1.30. The molecule has 1 heterocycles. The lowest BCUT2D eigenvalue weighted by Gasteiger charge is -2.04. The number of halogens is 1. The Labute approximate surface area is 96.5 Å². The van der Waals surface area contributed by atoms with Gasteiger partial charge in [-0.1, -0.05) is 34.1 Å². The summed E-state index contributed by atoms with van der Waals surface area (Å²) in [6.07, 6.45) is 3.42. The summed E-state index contributed by atoms with van der Waals surface area (Å²) in [7, 11) is 0. The van der Waals surface area contributed by atoms with Crippen molar-refractivity contribution in [1.82, 2.24) is 9.97 Å². The Bertz CT molecular complexity index is 471. The fraction of sp³-hybridized carbons (Fsp3) is 0.0909. The molecule has 0 radical (unpaired) electrons. The quantitative estimate of drug-likeness (QED) is 0.905. The van der Waals surface area contributed by atoms with Crippen molar-refractivity contribution in [2.24, 2.45) is 5.73 Å². The zero-order valence-electron chi connectivity index (χ0n) is 8.02. The Morgan fingerprint density at radius 1 is 1.20 bits per heavy atom. The number of aromatic nitrogens is 2. The molecule has 0 spiro atoms. The normalized spacial score (nSPS) is 10.3. The van der Waals surface area contributed by atoms with Crippen LogP contribution in [0.1, 0.15) is 5.69 Å². The first kappa shape index (κ1) is 10.3. The Balaban J connectivity index is 2.49. The third-order valence-electron chi connectivity index (χ3n) is 2.04. The molecule has 2 N–H and O–H groups in total. The number of hydrogen-bond donors (Lipinski definition) is 1. The van der Waals surface area contributed by atoms with E-state index in [2.05, 4.69) is 25.9 Å². The predicted molar refractivity (Wildman–Crippen MR) is 63.1 cm³/mol. The van der Waals surface area contributed by atoms with Crippen LogP contribution in [0.4, 0.5) is 0 Å². The van der Waals surface area contributed by atoms with Crippen molar-refractivity contribution in [3.05, 3.63) is 46.8 Å².